The number of amides is 3. The van der Waals surface area contributed by atoms with E-state index in [2.05, 4.69) is 10.6 Å². The molecule has 3 heterocycles. The summed E-state index contributed by atoms with van der Waals surface area (Å²) in [6.45, 7) is 1.89. The monoisotopic (exact) mass is 379 g/mol. The number of para-hydroxylation sites is 1. The average Bonchev–Trinajstić information content (AvgIpc) is 3.23. The van der Waals surface area contributed by atoms with Crippen LogP contribution in [0.1, 0.15) is 18.1 Å². The minimum Gasteiger partial charge on any atom is -0.324 e. The lowest BCUT2D eigenvalue weighted by molar-refractivity contribution is -0.143. The molecule has 2 aromatic rings. The van der Waals surface area contributed by atoms with Crippen molar-refractivity contribution in [3.05, 3.63) is 65.5 Å². The van der Waals surface area contributed by atoms with Crippen molar-refractivity contribution in [2.75, 3.05) is 5.32 Å². The predicted octanol–water partition coefficient (Wildman–Crippen LogP) is 1.77. The Kier molecular flexibility index (Phi) is 3.49. The molecule has 3 aliphatic heterocycles. The van der Waals surface area contributed by atoms with E-state index in [1.807, 2.05) is 25.1 Å². The molecule has 28 heavy (non-hydrogen) atoms. The number of halogens is 1. The lowest BCUT2D eigenvalue weighted by atomic mass is 9.76. The van der Waals surface area contributed by atoms with E-state index in [1.54, 1.807) is 18.2 Å². The van der Waals surface area contributed by atoms with Gasteiger partial charge in [-0.2, -0.15) is 0 Å². The van der Waals surface area contributed by atoms with Gasteiger partial charge in [-0.25, -0.2) is 4.39 Å². The molecule has 4 atom stereocenters. The number of nitrogens with one attached hydrogen (secondary N) is 2. The summed E-state index contributed by atoms with van der Waals surface area (Å²) in [6.07, 6.45) is 0. The largest absolute Gasteiger partial charge is 0.324 e. The number of nitrogens with zero attached hydrogens (tertiary/aromatic N) is 1. The van der Waals surface area contributed by atoms with Crippen molar-refractivity contribution < 1.29 is 18.8 Å². The van der Waals surface area contributed by atoms with Gasteiger partial charge in [0.15, 0.2) is 0 Å². The first kappa shape index (κ1) is 17.1. The van der Waals surface area contributed by atoms with Crippen molar-refractivity contribution >= 4 is 23.4 Å². The fourth-order valence-electron chi connectivity index (χ4n) is 4.91. The molecular formula is C21H18FN3O3. The third kappa shape index (κ3) is 2.08. The Morgan fingerprint density at radius 3 is 2.50 bits per heavy atom. The van der Waals surface area contributed by atoms with Crippen LogP contribution in [-0.2, 0) is 26.5 Å². The minimum absolute atomic E-state index is 0.0665. The SMILES string of the molecule is C[C@@H]1N[C@]2(C(=O)Nc3ccccc32)[C@H]2C(=O)N(Cc3ccc(F)cc3)C(=O)[C@H]12. The normalized spacial score (nSPS) is 30.7. The number of imide groups is 1. The molecule has 0 saturated carbocycles. The highest BCUT2D eigenvalue weighted by Crippen LogP contribution is 2.52. The van der Waals surface area contributed by atoms with Gasteiger partial charge in [0, 0.05) is 17.3 Å². The quantitative estimate of drug-likeness (QED) is 0.780. The van der Waals surface area contributed by atoms with Gasteiger partial charge in [-0.1, -0.05) is 30.3 Å². The standard InChI is InChI=1S/C21H18FN3O3/c1-11-16-17(21(24-11)14-4-2-3-5-15(14)23-20(21)28)19(27)25(18(16)26)10-12-6-8-13(22)9-7-12/h2-9,11,16-17,24H,10H2,1H3,(H,23,28)/t11-,16+,17+,21-/m0/s1. The summed E-state index contributed by atoms with van der Waals surface area (Å²) in [5.74, 6) is -2.78. The lowest BCUT2D eigenvalue weighted by Gasteiger charge is -2.29. The molecule has 142 valence electrons. The highest BCUT2D eigenvalue weighted by atomic mass is 19.1. The zero-order valence-electron chi connectivity index (χ0n) is 15.1. The summed E-state index contributed by atoms with van der Waals surface area (Å²) in [5, 5.41) is 6.10. The summed E-state index contributed by atoms with van der Waals surface area (Å²) < 4.78 is 13.2. The second-order valence-corrected chi connectivity index (χ2v) is 7.63. The Labute approximate surface area is 160 Å². The van der Waals surface area contributed by atoms with Crippen molar-refractivity contribution in [1.29, 1.82) is 0 Å². The van der Waals surface area contributed by atoms with Gasteiger partial charge in [0.1, 0.15) is 11.4 Å². The Balaban J connectivity index is 1.56. The maximum absolute atomic E-state index is 13.3. The van der Waals surface area contributed by atoms with Crippen LogP contribution in [0.5, 0.6) is 0 Å². The van der Waals surface area contributed by atoms with Gasteiger partial charge in [0.2, 0.25) is 17.7 Å². The fourth-order valence-corrected chi connectivity index (χ4v) is 4.91. The van der Waals surface area contributed by atoms with Crippen LogP contribution in [0.15, 0.2) is 48.5 Å². The number of hydrogen-bond donors (Lipinski definition) is 2. The molecule has 5 rings (SSSR count). The molecule has 0 unspecified atom stereocenters. The molecule has 2 N–H and O–H groups in total. The number of likely N-dealkylation sites (tertiary alicyclic amines) is 1. The van der Waals surface area contributed by atoms with Gasteiger partial charge in [0.05, 0.1) is 18.4 Å². The summed E-state index contributed by atoms with van der Waals surface area (Å²) >= 11 is 0. The zero-order chi connectivity index (χ0) is 19.6. The van der Waals surface area contributed by atoms with E-state index >= 15 is 0 Å². The van der Waals surface area contributed by atoms with E-state index in [-0.39, 0.29) is 36.1 Å². The van der Waals surface area contributed by atoms with Crippen LogP contribution in [0.2, 0.25) is 0 Å². The molecule has 6 nitrogen and oxygen atoms in total. The fraction of sp³-hybridized carbons (Fsp3) is 0.286. The Morgan fingerprint density at radius 2 is 1.75 bits per heavy atom. The summed E-state index contributed by atoms with van der Waals surface area (Å²) in [5.41, 5.74) is 0.772. The molecule has 0 bridgehead atoms. The highest BCUT2D eigenvalue weighted by molar-refractivity contribution is 6.15. The number of anilines is 1. The second kappa shape index (κ2) is 5.72. The molecule has 2 fully saturated rings. The summed E-state index contributed by atoms with van der Waals surface area (Å²) in [4.78, 5) is 40.6. The maximum Gasteiger partial charge on any atom is 0.250 e. The molecule has 2 saturated heterocycles. The van der Waals surface area contributed by atoms with Gasteiger partial charge in [-0.05, 0) is 30.7 Å². The third-order valence-corrected chi connectivity index (χ3v) is 6.12. The topological polar surface area (TPSA) is 78.5 Å². The van der Waals surface area contributed by atoms with E-state index in [4.69, 9.17) is 0 Å². The van der Waals surface area contributed by atoms with Crippen molar-refractivity contribution in [1.82, 2.24) is 10.2 Å². The molecular weight excluding hydrogens is 361 g/mol. The Bertz CT molecular complexity index is 1020. The van der Waals surface area contributed by atoms with Crippen molar-refractivity contribution in [2.24, 2.45) is 11.8 Å². The van der Waals surface area contributed by atoms with Gasteiger partial charge >= 0.3 is 0 Å². The predicted molar refractivity (Wildman–Crippen MR) is 98.3 cm³/mol. The van der Waals surface area contributed by atoms with E-state index < -0.39 is 17.4 Å². The second-order valence-electron chi connectivity index (χ2n) is 7.63. The van der Waals surface area contributed by atoms with Crippen LogP contribution in [0.4, 0.5) is 10.1 Å². The van der Waals surface area contributed by atoms with Gasteiger partial charge in [0.25, 0.3) is 0 Å². The van der Waals surface area contributed by atoms with Gasteiger partial charge < -0.3 is 5.32 Å². The molecule has 1 spiro atoms. The summed E-state index contributed by atoms with van der Waals surface area (Å²) in [6, 6.07) is 12.6. The molecule has 0 radical (unpaired) electrons. The average molecular weight is 379 g/mol. The van der Waals surface area contributed by atoms with Gasteiger partial charge in [-0.3, -0.25) is 24.6 Å². The van der Waals surface area contributed by atoms with Crippen LogP contribution in [0, 0.1) is 17.7 Å². The van der Waals surface area contributed by atoms with Crippen molar-refractivity contribution in [3.63, 3.8) is 0 Å². The van der Waals surface area contributed by atoms with E-state index in [0.29, 0.717) is 16.8 Å². The third-order valence-electron chi connectivity index (χ3n) is 6.12. The van der Waals surface area contributed by atoms with Crippen molar-refractivity contribution in [2.45, 2.75) is 25.0 Å². The first-order chi connectivity index (χ1) is 13.4. The molecule has 0 aromatic heterocycles. The summed E-state index contributed by atoms with van der Waals surface area (Å²) in [7, 11) is 0. The van der Waals surface area contributed by atoms with Gasteiger partial charge in [-0.15, -0.1) is 0 Å². The number of hydrogen-bond acceptors (Lipinski definition) is 4. The zero-order valence-corrected chi connectivity index (χ0v) is 15.1. The number of rotatable bonds is 2. The number of carbonyl (C=O) groups excluding carboxylic acids is 3. The first-order valence-electron chi connectivity index (χ1n) is 9.22. The Morgan fingerprint density at radius 1 is 1.04 bits per heavy atom. The van der Waals surface area contributed by atoms with Crippen LogP contribution in [0.3, 0.4) is 0 Å². The molecule has 3 aliphatic rings. The highest BCUT2D eigenvalue weighted by Gasteiger charge is 2.69. The van der Waals surface area contributed by atoms with E-state index in [9.17, 15) is 18.8 Å². The minimum atomic E-state index is -1.25. The molecule has 0 aliphatic carbocycles. The number of fused-ring (bicyclic) bond motifs is 4. The van der Waals surface area contributed by atoms with Crippen LogP contribution in [0.25, 0.3) is 0 Å². The maximum atomic E-state index is 13.3. The van der Waals surface area contributed by atoms with Crippen LogP contribution >= 0.6 is 0 Å². The number of benzene rings is 2. The molecule has 2 aromatic carbocycles. The van der Waals surface area contributed by atoms with Crippen LogP contribution in [-0.4, -0.2) is 28.7 Å². The Hall–Kier alpha value is -3.06. The first-order valence-corrected chi connectivity index (χ1v) is 9.22. The molecule has 3 amide bonds. The smallest absolute Gasteiger partial charge is 0.250 e. The van der Waals surface area contributed by atoms with E-state index in [1.165, 1.54) is 17.0 Å². The number of carbonyl (C=O) groups is 3. The van der Waals surface area contributed by atoms with E-state index in [0.717, 1.165) is 0 Å². The van der Waals surface area contributed by atoms with Crippen LogP contribution < -0.4 is 10.6 Å². The lowest BCUT2D eigenvalue weighted by Crippen LogP contribution is -2.52. The molecule has 7 heteroatoms. The van der Waals surface area contributed by atoms with Crippen molar-refractivity contribution in [3.8, 4) is 0 Å².